The van der Waals surface area contributed by atoms with E-state index in [-0.39, 0.29) is 5.52 Å². The summed E-state index contributed by atoms with van der Waals surface area (Å²) in [7, 11) is 1.72. The molecular formula is C15H11ClFN3. The smallest absolute Gasteiger partial charge is 0.153 e. The van der Waals surface area contributed by atoms with E-state index < -0.39 is 5.82 Å². The van der Waals surface area contributed by atoms with E-state index in [0.29, 0.717) is 22.1 Å². The lowest BCUT2D eigenvalue weighted by atomic mass is 10.1. The molecule has 1 N–H and O–H groups in total. The highest BCUT2D eigenvalue weighted by Gasteiger charge is 2.14. The van der Waals surface area contributed by atoms with Crippen LogP contribution in [-0.2, 0) is 0 Å². The van der Waals surface area contributed by atoms with Gasteiger partial charge in [0.25, 0.3) is 0 Å². The Morgan fingerprint density at radius 1 is 1.05 bits per heavy atom. The van der Waals surface area contributed by atoms with Gasteiger partial charge in [-0.25, -0.2) is 14.4 Å². The molecule has 3 nitrogen and oxygen atoms in total. The Hall–Kier alpha value is -2.20. The lowest BCUT2D eigenvalue weighted by molar-refractivity contribution is 0.636. The molecule has 0 saturated heterocycles. The van der Waals surface area contributed by atoms with Gasteiger partial charge in [-0.3, -0.25) is 0 Å². The van der Waals surface area contributed by atoms with E-state index in [1.807, 2.05) is 18.2 Å². The minimum Gasteiger partial charge on any atom is -0.371 e. The second-order valence-corrected chi connectivity index (χ2v) is 4.67. The fraction of sp³-hybridized carbons (Fsp3) is 0.0667. The average molecular weight is 288 g/mol. The van der Waals surface area contributed by atoms with Crippen molar-refractivity contribution in [1.82, 2.24) is 9.97 Å². The van der Waals surface area contributed by atoms with Gasteiger partial charge in [-0.2, -0.15) is 0 Å². The predicted molar refractivity (Wildman–Crippen MR) is 79.5 cm³/mol. The van der Waals surface area contributed by atoms with Crippen molar-refractivity contribution in [3.05, 3.63) is 53.3 Å². The molecule has 0 aliphatic carbocycles. The Morgan fingerprint density at radius 3 is 2.60 bits per heavy atom. The second kappa shape index (κ2) is 5.06. The second-order valence-electron chi connectivity index (χ2n) is 4.26. The maximum atomic E-state index is 13.8. The number of rotatable bonds is 2. The summed E-state index contributed by atoms with van der Waals surface area (Å²) in [6.45, 7) is 0. The number of fused-ring (bicyclic) bond motifs is 1. The van der Waals surface area contributed by atoms with Crippen molar-refractivity contribution >= 4 is 28.5 Å². The number of aromatic nitrogens is 2. The molecule has 0 fully saturated rings. The highest BCUT2D eigenvalue weighted by Crippen LogP contribution is 2.32. The normalized spacial score (nSPS) is 10.8. The number of nitrogens with zero attached hydrogens (tertiary/aromatic N) is 2. The lowest BCUT2D eigenvalue weighted by Gasteiger charge is -2.10. The first kappa shape index (κ1) is 12.8. The third-order valence-corrected chi connectivity index (χ3v) is 3.34. The summed E-state index contributed by atoms with van der Waals surface area (Å²) in [6.07, 6.45) is 0. The first-order valence-corrected chi connectivity index (χ1v) is 6.47. The molecule has 0 bridgehead atoms. The molecule has 20 heavy (non-hydrogen) atoms. The van der Waals surface area contributed by atoms with Crippen LogP contribution in [0.4, 0.5) is 10.2 Å². The molecule has 1 aromatic heterocycles. The Balaban J connectivity index is 2.33. The highest BCUT2D eigenvalue weighted by atomic mass is 35.5. The van der Waals surface area contributed by atoms with Gasteiger partial charge in [-0.15, -0.1) is 0 Å². The highest BCUT2D eigenvalue weighted by molar-refractivity contribution is 6.33. The van der Waals surface area contributed by atoms with Gasteiger partial charge < -0.3 is 5.32 Å². The molecule has 0 unspecified atom stereocenters. The standard InChI is InChI=1S/C15H11ClFN3/c1-18-15-13(9-5-2-3-6-10(9)16)19-12-8-4-7-11(17)14(12)20-15/h2-8H,1H3,(H,18,20). The zero-order chi connectivity index (χ0) is 14.1. The maximum absolute atomic E-state index is 13.8. The number of nitrogens with one attached hydrogen (secondary N) is 1. The number of anilines is 1. The molecule has 0 aliphatic heterocycles. The molecule has 0 aliphatic rings. The summed E-state index contributed by atoms with van der Waals surface area (Å²) >= 11 is 6.20. The Kier molecular flexibility index (Phi) is 3.24. The molecule has 0 saturated carbocycles. The molecule has 0 amide bonds. The molecule has 0 radical (unpaired) electrons. The lowest BCUT2D eigenvalue weighted by Crippen LogP contribution is -2.00. The van der Waals surface area contributed by atoms with Crippen LogP contribution in [0.3, 0.4) is 0 Å². The fourth-order valence-electron chi connectivity index (χ4n) is 2.06. The summed E-state index contributed by atoms with van der Waals surface area (Å²) in [5.74, 6) is 0.105. The topological polar surface area (TPSA) is 37.8 Å². The largest absolute Gasteiger partial charge is 0.371 e. The zero-order valence-corrected chi connectivity index (χ0v) is 11.4. The van der Waals surface area contributed by atoms with Gasteiger partial charge in [0, 0.05) is 12.6 Å². The Bertz CT molecular complexity index is 789. The SMILES string of the molecule is CNc1nc2c(F)cccc2nc1-c1ccccc1Cl. The summed E-state index contributed by atoms with van der Waals surface area (Å²) in [5, 5.41) is 3.52. The average Bonchev–Trinajstić information content (AvgIpc) is 2.47. The molecular weight excluding hydrogens is 277 g/mol. The van der Waals surface area contributed by atoms with Crippen LogP contribution in [0.5, 0.6) is 0 Å². The number of hydrogen-bond donors (Lipinski definition) is 1. The van der Waals surface area contributed by atoms with Crippen molar-refractivity contribution in [2.24, 2.45) is 0 Å². The minimum atomic E-state index is -0.391. The molecule has 5 heteroatoms. The molecule has 1 heterocycles. The van der Waals surface area contributed by atoms with Crippen LogP contribution in [0, 0.1) is 5.82 Å². The van der Waals surface area contributed by atoms with Crippen LogP contribution < -0.4 is 5.32 Å². The van der Waals surface area contributed by atoms with Crippen molar-refractivity contribution < 1.29 is 4.39 Å². The first-order valence-electron chi connectivity index (χ1n) is 6.09. The maximum Gasteiger partial charge on any atom is 0.153 e. The van der Waals surface area contributed by atoms with Crippen LogP contribution in [-0.4, -0.2) is 17.0 Å². The first-order chi connectivity index (χ1) is 9.70. The fourth-order valence-corrected chi connectivity index (χ4v) is 2.28. The minimum absolute atomic E-state index is 0.243. The third kappa shape index (κ3) is 2.08. The van der Waals surface area contributed by atoms with Gasteiger partial charge in [0.1, 0.15) is 11.2 Å². The van der Waals surface area contributed by atoms with E-state index >= 15 is 0 Å². The number of halogens is 2. The van der Waals surface area contributed by atoms with E-state index in [0.717, 1.165) is 5.56 Å². The van der Waals surface area contributed by atoms with Gasteiger partial charge in [0.15, 0.2) is 11.6 Å². The van der Waals surface area contributed by atoms with E-state index in [1.165, 1.54) is 6.07 Å². The van der Waals surface area contributed by atoms with Gasteiger partial charge in [0.2, 0.25) is 0 Å². The quantitative estimate of drug-likeness (QED) is 0.770. The van der Waals surface area contributed by atoms with Gasteiger partial charge in [-0.1, -0.05) is 35.9 Å². The molecule has 0 spiro atoms. The Morgan fingerprint density at radius 2 is 1.85 bits per heavy atom. The summed E-state index contributed by atoms with van der Waals surface area (Å²) in [5.41, 5.74) is 2.11. The predicted octanol–water partition coefficient (Wildman–Crippen LogP) is 4.13. The van der Waals surface area contributed by atoms with Gasteiger partial charge in [0.05, 0.1) is 10.5 Å². The molecule has 3 aromatic rings. The monoisotopic (exact) mass is 287 g/mol. The molecule has 3 rings (SSSR count). The van der Waals surface area contributed by atoms with Crippen LogP contribution in [0.15, 0.2) is 42.5 Å². The van der Waals surface area contributed by atoms with E-state index in [9.17, 15) is 4.39 Å². The van der Waals surface area contributed by atoms with Crippen molar-refractivity contribution in [3.8, 4) is 11.3 Å². The van der Waals surface area contributed by atoms with Crippen LogP contribution in [0.2, 0.25) is 5.02 Å². The van der Waals surface area contributed by atoms with E-state index in [4.69, 9.17) is 11.6 Å². The zero-order valence-electron chi connectivity index (χ0n) is 10.7. The van der Waals surface area contributed by atoms with Gasteiger partial charge >= 0.3 is 0 Å². The van der Waals surface area contributed by atoms with Crippen LogP contribution in [0.1, 0.15) is 0 Å². The van der Waals surface area contributed by atoms with E-state index in [1.54, 1.807) is 25.2 Å². The summed E-state index contributed by atoms with van der Waals surface area (Å²) < 4.78 is 13.8. The summed E-state index contributed by atoms with van der Waals surface area (Å²) in [6, 6.07) is 12.1. The van der Waals surface area contributed by atoms with Crippen molar-refractivity contribution in [1.29, 1.82) is 0 Å². The van der Waals surface area contributed by atoms with Crippen molar-refractivity contribution in [2.75, 3.05) is 12.4 Å². The summed E-state index contributed by atoms with van der Waals surface area (Å²) in [4.78, 5) is 8.79. The Labute approximate surface area is 120 Å². The number of benzene rings is 2. The van der Waals surface area contributed by atoms with E-state index in [2.05, 4.69) is 15.3 Å². The van der Waals surface area contributed by atoms with Crippen molar-refractivity contribution in [2.45, 2.75) is 0 Å². The van der Waals surface area contributed by atoms with Gasteiger partial charge in [-0.05, 0) is 18.2 Å². The number of hydrogen-bond acceptors (Lipinski definition) is 3. The van der Waals surface area contributed by atoms with Crippen LogP contribution >= 0.6 is 11.6 Å². The van der Waals surface area contributed by atoms with Crippen molar-refractivity contribution in [3.63, 3.8) is 0 Å². The number of para-hydroxylation sites is 1. The molecule has 100 valence electrons. The van der Waals surface area contributed by atoms with Crippen LogP contribution in [0.25, 0.3) is 22.3 Å². The third-order valence-electron chi connectivity index (χ3n) is 3.01. The molecule has 2 aromatic carbocycles. The molecule has 0 atom stereocenters.